The van der Waals surface area contributed by atoms with Crippen molar-refractivity contribution in [2.45, 2.75) is 11.8 Å². The third-order valence-corrected chi connectivity index (χ3v) is 4.79. The first-order chi connectivity index (χ1) is 9.56. The number of fused-ring (bicyclic) bond motifs is 1. The summed E-state index contributed by atoms with van der Waals surface area (Å²) in [6, 6.07) is 14.2. The van der Waals surface area contributed by atoms with Crippen LogP contribution in [0.5, 0.6) is 0 Å². The maximum atomic E-state index is 11.7. The summed E-state index contributed by atoms with van der Waals surface area (Å²) in [5, 5.41) is -0.184. The predicted molar refractivity (Wildman–Crippen MR) is 90.4 cm³/mol. The Hall–Kier alpha value is -1.07. The Morgan fingerprint density at radius 1 is 1.20 bits per heavy atom. The second-order valence-electron chi connectivity index (χ2n) is 4.94. The number of amides is 1. The second-order valence-corrected chi connectivity index (χ2v) is 6.62. The van der Waals surface area contributed by atoms with Crippen LogP contribution in [0.25, 0.3) is 0 Å². The summed E-state index contributed by atoms with van der Waals surface area (Å²) in [6.07, 6.45) is 0.468. The third-order valence-electron chi connectivity index (χ3n) is 3.61. The molecule has 0 N–H and O–H groups in total. The summed E-state index contributed by atoms with van der Waals surface area (Å²) in [6.45, 7) is 0. The molecule has 102 valence electrons. The number of benzene rings is 2. The number of halogens is 2. The minimum atomic E-state index is -0.184. The zero-order chi connectivity index (χ0) is 14.3. The molecule has 1 amide bonds. The van der Waals surface area contributed by atoms with Crippen LogP contribution in [0.1, 0.15) is 22.1 Å². The Bertz CT molecular complexity index is 686. The van der Waals surface area contributed by atoms with Crippen LogP contribution in [0.2, 0.25) is 0 Å². The second kappa shape index (κ2) is 5.37. The van der Waals surface area contributed by atoms with Gasteiger partial charge in [0, 0.05) is 16.3 Å². The van der Waals surface area contributed by atoms with Crippen molar-refractivity contribution in [1.82, 2.24) is 0 Å². The third kappa shape index (κ3) is 2.44. The predicted octanol–water partition coefficient (Wildman–Crippen LogP) is 4.14. The summed E-state index contributed by atoms with van der Waals surface area (Å²) in [4.78, 5) is 13.4. The lowest BCUT2D eigenvalue weighted by atomic mass is 10.0. The molecule has 0 aromatic heterocycles. The van der Waals surface area contributed by atoms with Crippen molar-refractivity contribution in [3.63, 3.8) is 0 Å². The maximum Gasteiger partial charge on any atom is 0.231 e. The van der Waals surface area contributed by atoms with Gasteiger partial charge < -0.3 is 4.90 Å². The van der Waals surface area contributed by atoms with Gasteiger partial charge in [-0.3, -0.25) is 4.79 Å². The molecular formula is C16H13ClINO. The van der Waals surface area contributed by atoms with Gasteiger partial charge in [0.15, 0.2) is 0 Å². The number of nitrogens with zero attached hydrogens (tertiary/aromatic N) is 1. The van der Waals surface area contributed by atoms with Gasteiger partial charge in [0.25, 0.3) is 0 Å². The molecule has 1 unspecified atom stereocenters. The molecule has 1 atom stereocenters. The topological polar surface area (TPSA) is 20.3 Å². The average molecular weight is 398 g/mol. The van der Waals surface area contributed by atoms with Crippen LogP contribution in [0.4, 0.5) is 5.69 Å². The van der Waals surface area contributed by atoms with E-state index in [-0.39, 0.29) is 11.3 Å². The zero-order valence-electron chi connectivity index (χ0n) is 10.9. The van der Waals surface area contributed by atoms with Crippen molar-refractivity contribution in [3.05, 3.63) is 62.7 Å². The highest BCUT2D eigenvalue weighted by molar-refractivity contribution is 14.1. The van der Waals surface area contributed by atoms with Crippen molar-refractivity contribution in [3.8, 4) is 0 Å². The van der Waals surface area contributed by atoms with E-state index in [4.69, 9.17) is 11.6 Å². The molecule has 1 aliphatic rings. The zero-order valence-corrected chi connectivity index (χ0v) is 13.9. The molecule has 0 bridgehead atoms. The lowest BCUT2D eigenvalue weighted by Crippen LogP contribution is -2.20. The van der Waals surface area contributed by atoms with Gasteiger partial charge in [-0.1, -0.05) is 24.3 Å². The smallest absolute Gasteiger partial charge is 0.231 e. The molecule has 20 heavy (non-hydrogen) atoms. The van der Waals surface area contributed by atoms with Crippen LogP contribution in [0, 0.1) is 3.57 Å². The summed E-state index contributed by atoms with van der Waals surface area (Å²) >= 11 is 8.86. The number of hydrogen-bond acceptors (Lipinski definition) is 1. The Balaban J connectivity index is 1.96. The highest BCUT2D eigenvalue weighted by Gasteiger charge is 2.25. The minimum Gasteiger partial charge on any atom is -0.315 e. The number of alkyl halides is 1. The highest BCUT2D eigenvalue weighted by Crippen LogP contribution is 2.35. The molecule has 3 rings (SSSR count). The van der Waals surface area contributed by atoms with E-state index in [1.165, 1.54) is 3.57 Å². The normalized spacial score (nSPS) is 15.3. The molecule has 0 spiro atoms. The Kier molecular flexibility index (Phi) is 3.73. The van der Waals surface area contributed by atoms with E-state index < -0.39 is 0 Å². The molecule has 1 heterocycles. The number of carbonyl (C=O) groups excluding carboxylic acids is 1. The van der Waals surface area contributed by atoms with Gasteiger partial charge in [-0.05, 0) is 57.5 Å². The van der Waals surface area contributed by atoms with Crippen molar-refractivity contribution in [1.29, 1.82) is 0 Å². The van der Waals surface area contributed by atoms with E-state index >= 15 is 0 Å². The fraction of sp³-hybridized carbons (Fsp3) is 0.188. The largest absolute Gasteiger partial charge is 0.315 e. The molecule has 0 saturated heterocycles. The fourth-order valence-electron chi connectivity index (χ4n) is 2.50. The molecule has 0 radical (unpaired) electrons. The van der Waals surface area contributed by atoms with Gasteiger partial charge in [0.1, 0.15) is 0 Å². The van der Waals surface area contributed by atoms with Crippen LogP contribution < -0.4 is 4.90 Å². The molecule has 1 aliphatic heterocycles. The first kappa shape index (κ1) is 13.9. The van der Waals surface area contributed by atoms with Crippen LogP contribution in [-0.2, 0) is 11.2 Å². The monoisotopic (exact) mass is 397 g/mol. The van der Waals surface area contributed by atoms with Gasteiger partial charge in [-0.15, -0.1) is 11.6 Å². The lowest BCUT2D eigenvalue weighted by molar-refractivity contribution is -0.117. The van der Waals surface area contributed by atoms with E-state index in [1.807, 2.05) is 43.4 Å². The van der Waals surface area contributed by atoms with Crippen LogP contribution >= 0.6 is 34.2 Å². The van der Waals surface area contributed by atoms with Crippen molar-refractivity contribution in [2.75, 3.05) is 11.9 Å². The molecule has 4 heteroatoms. The number of anilines is 1. The van der Waals surface area contributed by atoms with Crippen LogP contribution in [0.15, 0.2) is 42.5 Å². The standard InChI is InChI=1S/C16H13ClINO/c1-19-14-6-5-11(7-12(14)9-15(19)20)16(17)10-3-2-4-13(18)8-10/h2-8,16H,9H2,1H3. The van der Waals surface area contributed by atoms with Crippen molar-refractivity contribution >= 4 is 45.8 Å². The average Bonchev–Trinajstić information content (AvgIpc) is 2.73. The Labute approximate surface area is 136 Å². The molecule has 0 fully saturated rings. The molecular weight excluding hydrogens is 385 g/mol. The number of carbonyl (C=O) groups is 1. The first-order valence-corrected chi connectivity index (χ1v) is 7.86. The molecule has 2 nitrogen and oxygen atoms in total. The van der Waals surface area contributed by atoms with Gasteiger partial charge in [0.05, 0.1) is 11.8 Å². The van der Waals surface area contributed by atoms with E-state index in [0.29, 0.717) is 6.42 Å². The quantitative estimate of drug-likeness (QED) is 0.551. The summed E-state index contributed by atoms with van der Waals surface area (Å²) in [5.74, 6) is 0.137. The van der Waals surface area contributed by atoms with E-state index in [2.05, 4.69) is 28.7 Å². The summed E-state index contributed by atoms with van der Waals surface area (Å²) in [5.41, 5.74) is 4.17. The van der Waals surface area contributed by atoms with Gasteiger partial charge >= 0.3 is 0 Å². The van der Waals surface area contributed by atoms with Crippen LogP contribution in [-0.4, -0.2) is 13.0 Å². The molecule has 0 saturated carbocycles. The summed E-state index contributed by atoms with van der Waals surface area (Å²) in [7, 11) is 1.81. The fourth-order valence-corrected chi connectivity index (χ4v) is 3.34. The lowest BCUT2D eigenvalue weighted by Gasteiger charge is -2.14. The molecule has 2 aromatic rings. The Morgan fingerprint density at radius 2 is 1.95 bits per heavy atom. The van der Waals surface area contributed by atoms with Gasteiger partial charge in [-0.25, -0.2) is 0 Å². The number of rotatable bonds is 2. The van der Waals surface area contributed by atoms with Crippen molar-refractivity contribution in [2.24, 2.45) is 0 Å². The van der Waals surface area contributed by atoms with Gasteiger partial charge in [0.2, 0.25) is 5.91 Å². The van der Waals surface area contributed by atoms with Crippen molar-refractivity contribution < 1.29 is 4.79 Å². The van der Waals surface area contributed by atoms with Gasteiger partial charge in [-0.2, -0.15) is 0 Å². The SMILES string of the molecule is CN1C(=O)Cc2cc(C(Cl)c3cccc(I)c3)ccc21. The minimum absolute atomic E-state index is 0.137. The highest BCUT2D eigenvalue weighted by atomic mass is 127. The first-order valence-electron chi connectivity index (χ1n) is 6.35. The van der Waals surface area contributed by atoms with E-state index in [9.17, 15) is 4.79 Å². The number of likely N-dealkylation sites (N-methyl/N-ethyl adjacent to an activating group) is 1. The molecule has 2 aromatic carbocycles. The van der Waals surface area contributed by atoms with E-state index in [1.54, 1.807) is 4.90 Å². The number of hydrogen-bond donors (Lipinski definition) is 0. The Morgan fingerprint density at radius 3 is 2.70 bits per heavy atom. The maximum absolute atomic E-state index is 11.7. The summed E-state index contributed by atoms with van der Waals surface area (Å²) < 4.78 is 1.17. The molecule has 0 aliphatic carbocycles. The van der Waals surface area contributed by atoms with Crippen LogP contribution in [0.3, 0.4) is 0 Å². The van der Waals surface area contributed by atoms with E-state index in [0.717, 1.165) is 22.4 Å².